The normalized spacial score (nSPS) is 14.5. The maximum Gasteiger partial charge on any atom is 0.264 e. The van der Waals surface area contributed by atoms with Gasteiger partial charge in [-0.25, -0.2) is 12.8 Å². The van der Waals surface area contributed by atoms with E-state index in [1.807, 2.05) is 6.92 Å². The third-order valence-corrected chi connectivity index (χ3v) is 9.74. The zero-order valence-corrected chi connectivity index (χ0v) is 25.1. The molecule has 7 nitrogen and oxygen atoms in total. The van der Waals surface area contributed by atoms with Gasteiger partial charge in [0.15, 0.2) is 0 Å². The molecule has 0 unspecified atom stereocenters. The molecule has 0 spiro atoms. The smallest absolute Gasteiger partial charge is 0.264 e. The van der Waals surface area contributed by atoms with Gasteiger partial charge in [-0.15, -0.1) is 0 Å². The van der Waals surface area contributed by atoms with Gasteiger partial charge in [-0.1, -0.05) is 59.8 Å². The van der Waals surface area contributed by atoms with Crippen LogP contribution in [0.5, 0.6) is 0 Å². The monoisotopic (exact) mass is 619 g/mol. The van der Waals surface area contributed by atoms with Crippen LogP contribution in [-0.4, -0.2) is 43.8 Å². The third-order valence-electron chi connectivity index (χ3n) is 7.21. The number of halogens is 3. The second-order valence-corrected chi connectivity index (χ2v) is 12.9. The Balaban J connectivity index is 1.69. The lowest BCUT2D eigenvalue weighted by Crippen LogP contribution is -2.52. The molecule has 41 heavy (non-hydrogen) atoms. The number of carbonyl (C=O) groups excluding carboxylic acids is 2. The van der Waals surface area contributed by atoms with Crippen LogP contribution < -0.4 is 9.62 Å². The highest BCUT2D eigenvalue weighted by Crippen LogP contribution is 2.27. The molecule has 0 aliphatic heterocycles. The zero-order valence-electron chi connectivity index (χ0n) is 22.8. The molecule has 1 saturated carbocycles. The average molecular weight is 621 g/mol. The Hall–Kier alpha value is -3.14. The first kappa shape index (κ1) is 30.8. The first-order valence-corrected chi connectivity index (χ1v) is 15.5. The lowest BCUT2D eigenvalue weighted by Gasteiger charge is -2.32. The second kappa shape index (κ2) is 13.2. The average Bonchev–Trinajstić information content (AvgIpc) is 3.45. The lowest BCUT2D eigenvalue weighted by atomic mass is 10.1. The maximum absolute atomic E-state index is 14.0. The second-order valence-electron chi connectivity index (χ2n) is 10.2. The summed E-state index contributed by atoms with van der Waals surface area (Å²) in [6.45, 7) is 2.88. The number of amides is 2. The summed E-state index contributed by atoms with van der Waals surface area (Å²) in [7, 11) is -4.28. The van der Waals surface area contributed by atoms with Gasteiger partial charge < -0.3 is 10.2 Å². The summed E-state index contributed by atoms with van der Waals surface area (Å²) in [5.74, 6) is -1.51. The van der Waals surface area contributed by atoms with Gasteiger partial charge in [0.2, 0.25) is 11.8 Å². The molecule has 0 aromatic heterocycles. The fourth-order valence-corrected chi connectivity index (χ4v) is 6.52. The van der Waals surface area contributed by atoms with E-state index in [-0.39, 0.29) is 29.1 Å². The van der Waals surface area contributed by atoms with Crippen LogP contribution in [0.15, 0.2) is 71.6 Å². The first-order valence-electron chi connectivity index (χ1n) is 13.3. The van der Waals surface area contributed by atoms with Crippen LogP contribution in [0.3, 0.4) is 0 Å². The van der Waals surface area contributed by atoms with Crippen molar-refractivity contribution in [3.63, 3.8) is 0 Å². The predicted molar refractivity (Wildman–Crippen MR) is 159 cm³/mol. The van der Waals surface area contributed by atoms with E-state index in [1.165, 1.54) is 4.90 Å². The van der Waals surface area contributed by atoms with Crippen molar-refractivity contribution >= 4 is 50.7 Å². The number of nitrogens with zero attached hydrogens (tertiary/aromatic N) is 2. The Morgan fingerprint density at radius 2 is 1.61 bits per heavy atom. The Morgan fingerprint density at radius 3 is 2.22 bits per heavy atom. The molecule has 3 aromatic carbocycles. The molecule has 218 valence electrons. The van der Waals surface area contributed by atoms with Crippen molar-refractivity contribution in [2.24, 2.45) is 0 Å². The lowest BCUT2D eigenvalue weighted by molar-refractivity contribution is -0.139. The minimum atomic E-state index is -4.28. The number of hydrogen-bond acceptors (Lipinski definition) is 4. The van der Waals surface area contributed by atoms with E-state index in [2.05, 4.69) is 5.32 Å². The minimum Gasteiger partial charge on any atom is -0.352 e. The van der Waals surface area contributed by atoms with Crippen LogP contribution in [0, 0.1) is 12.7 Å². The van der Waals surface area contributed by atoms with Crippen molar-refractivity contribution in [1.29, 1.82) is 0 Å². The van der Waals surface area contributed by atoms with E-state index >= 15 is 0 Å². The molecule has 1 aliphatic carbocycles. The molecule has 11 heteroatoms. The van der Waals surface area contributed by atoms with Crippen LogP contribution in [0.25, 0.3) is 0 Å². The summed E-state index contributed by atoms with van der Waals surface area (Å²) < 4.78 is 42.1. The van der Waals surface area contributed by atoms with Gasteiger partial charge in [-0.05, 0) is 80.8 Å². The Kier molecular flexibility index (Phi) is 9.94. The van der Waals surface area contributed by atoms with Gasteiger partial charge >= 0.3 is 0 Å². The van der Waals surface area contributed by atoms with Crippen LogP contribution in [0.2, 0.25) is 10.0 Å². The molecular formula is C30H32Cl2FN3O4S. The number of hydrogen-bond donors (Lipinski definition) is 1. The molecular weight excluding hydrogens is 588 g/mol. The highest BCUT2D eigenvalue weighted by atomic mass is 35.5. The van der Waals surface area contributed by atoms with E-state index in [0.717, 1.165) is 59.8 Å². The first-order chi connectivity index (χ1) is 19.5. The molecule has 0 radical (unpaired) electrons. The molecule has 0 saturated heterocycles. The van der Waals surface area contributed by atoms with E-state index in [4.69, 9.17) is 23.2 Å². The fourth-order valence-electron chi connectivity index (χ4n) is 4.78. The predicted octanol–water partition coefficient (Wildman–Crippen LogP) is 6.11. The Labute approximate surface area is 250 Å². The fraction of sp³-hybridized carbons (Fsp3) is 0.333. The summed E-state index contributed by atoms with van der Waals surface area (Å²) in [6.07, 6.45) is 3.79. The van der Waals surface area contributed by atoms with Gasteiger partial charge in [0.05, 0.1) is 20.6 Å². The van der Waals surface area contributed by atoms with Crippen molar-refractivity contribution in [3.8, 4) is 0 Å². The Bertz CT molecular complexity index is 1500. The highest BCUT2D eigenvalue weighted by molar-refractivity contribution is 7.92. The van der Waals surface area contributed by atoms with Crippen molar-refractivity contribution in [2.45, 2.75) is 63.1 Å². The van der Waals surface area contributed by atoms with Crippen LogP contribution in [0.1, 0.15) is 43.7 Å². The van der Waals surface area contributed by atoms with Crippen LogP contribution in [-0.2, 0) is 26.2 Å². The number of benzene rings is 3. The summed E-state index contributed by atoms with van der Waals surface area (Å²) in [5, 5.41) is 3.66. The van der Waals surface area contributed by atoms with Crippen LogP contribution >= 0.6 is 23.2 Å². The van der Waals surface area contributed by atoms with E-state index in [9.17, 15) is 22.4 Å². The summed E-state index contributed by atoms with van der Waals surface area (Å²) in [4.78, 5) is 28.4. The third kappa shape index (κ3) is 7.58. The summed E-state index contributed by atoms with van der Waals surface area (Å²) in [5.41, 5.74) is 1.78. The van der Waals surface area contributed by atoms with Gasteiger partial charge in [0.25, 0.3) is 10.0 Å². The molecule has 0 heterocycles. The maximum atomic E-state index is 14.0. The highest BCUT2D eigenvalue weighted by Gasteiger charge is 2.33. The van der Waals surface area contributed by atoms with Gasteiger partial charge in [0.1, 0.15) is 18.4 Å². The standard InChI is InChI=1S/C30H32Cl2FN3O4S/c1-20-7-12-25(13-8-20)36(41(39,40)26-14-10-23(33)11-15-26)19-29(37)35(18-22-9-16-27(31)28(32)17-22)21(2)30(38)34-24-5-3-4-6-24/h7-17,21,24H,3-6,18-19H2,1-2H3,(H,34,38)/t21-/m1/s1. The van der Waals surface area contributed by atoms with Gasteiger partial charge in [-0.2, -0.15) is 0 Å². The summed E-state index contributed by atoms with van der Waals surface area (Å²) in [6, 6.07) is 15.1. The number of nitrogens with one attached hydrogen (secondary N) is 1. The molecule has 1 aliphatic rings. The molecule has 1 atom stereocenters. The molecule has 3 aromatic rings. The molecule has 0 bridgehead atoms. The van der Waals surface area contributed by atoms with E-state index in [0.29, 0.717) is 15.6 Å². The number of carbonyl (C=O) groups is 2. The Morgan fingerprint density at radius 1 is 0.976 bits per heavy atom. The number of aryl methyl sites for hydroxylation is 1. The summed E-state index contributed by atoms with van der Waals surface area (Å²) >= 11 is 12.3. The van der Waals surface area contributed by atoms with E-state index < -0.39 is 34.3 Å². The SMILES string of the molecule is Cc1ccc(N(CC(=O)N(Cc2ccc(Cl)c(Cl)c2)[C@H](C)C(=O)NC2CCCC2)S(=O)(=O)c2ccc(F)cc2)cc1. The zero-order chi connectivity index (χ0) is 29.7. The van der Waals surface area contributed by atoms with Crippen LogP contribution in [0.4, 0.5) is 10.1 Å². The largest absolute Gasteiger partial charge is 0.352 e. The quantitative estimate of drug-likeness (QED) is 0.296. The van der Waals surface area contributed by atoms with E-state index in [1.54, 1.807) is 49.4 Å². The minimum absolute atomic E-state index is 0.00664. The van der Waals surface area contributed by atoms with Crippen molar-refractivity contribution in [2.75, 3.05) is 10.8 Å². The number of anilines is 1. The molecule has 4 rings (SSSR count). The van der Waals surface area contributed by atoms with Crippen molar-refractivity contribution in [3.05, 3.63) is 93.7 Å². The molecule has 1 fully saturated rings. The van der Waals surface area contributed by atoms with Gasteiger partial charge in [-0.3, -0.25) is 13.9 Å². The number of sulfonamides is 1. The van der Waals surface area contributed by atoms with Crippen molar-refractivity contribution in [1.82, 2.24) is 10.2 Å². The number of rotatable bonds is 10. The molecule has 1 N–H and O–H groups in total. The topological polar surface area (TPSA) is 86.8 Å². The van der Waals surface area contributed by atoms with Crippen molar-refractivity contribution < 1.29 is 22.4 Å². The molecule has 2 amide bonds. The van der Waals surface area contributed by atoms with Gasteiger partial charge in [0, 0.05) is 12.6 Å².